The van der Waals surface area contributed by atoms with Gasteiger partial charge in [-0.2, -0.15) is 0 Å². The number of esters is 1. The molecule has 0 bridgehead atoms. The van der Waals surface area contributed by atoms with Gasteiger partial charge in [-0.15, -0.1) is 0 Å². The van der Waals surface area contributed by atoms with Gasteiger partial charge in [-0.05, 0) is 0 Å². The molecule has 2 heterocycles. The number of rotatable bonds is 7. The zero-order chi connectivity index (χ0) is 17.8. The second-order valence-corrected chi connectivity index (χ2v) is 5.17. The summed E-state index contributed by atoms with van der Waals surface area (Å²) in [5.74, 6) is 0.758. The zero-order valence-electron chi connectivity index (χ0n) is 14.7. The molecule has 6 nitrogen and oxygen atoms in total. The van der Waals surface area contributed by atoms with Crippen LogP contribution < -0.4 is 9.13 Å². The van der Waals surface area contributed by atoms with Crippen molar-refractivity contribution in [3.63, 3.8) is 0 Å². The van der Waals surface area contributed by atoms with Gasteiger partial charge in [0.2, 0.25) is 0 Å². The highest BCUT2D eigenvalue weighted by Gasteiger charge is 2.07. The van der Waals surface area contributed by atoms with E-state index in [9.17, 15) is 4.79 Å². The lowest BCUT2D eigenvalue weighted by Gasteiger charge is -2.03. The van der Waals surface area contributed by atoms with Crippen LogP contribution in [0.15, 0.2) is 55.6 Å². The average molecular weight is 333 g/mol. The number of aryl methyl sites for hydroxylation is 2. The van der Waals surface area contributed by atoms with Crippen LogP contribution in [0.4, 0.5) is 0 Å². The van der Waals surface area contributed by atoms with Crippen molar-refractivity contribution >= 4 is 5.97 Å². The molecule has 0 aliphatic rings. The first-order valence-electron chi connectivity index (χ1n) is 7.83. The summed E-state index contributed by atoms with van der Waals surface area (Å²) in [4.78, 5) is 10.7. The Morgan fingerprint density at radius 2 is 1.88 bits per heavy atom. The van der Waals surface area contributed by atoms with Crippen LogP contribution in [0.2, 0.25) is 0 Å². The van der Waals surface area contributed by atoms with Gasteiger partial charge in [0.1, 0.15) is 32.6 Å². The molecule has 0 aliphatic heterocycles. The lowest BCUT2D eigenvalue weighted by atomic mass is 10.5. The fraction of sp³-hybridized carbons (Fsp3) is 0.389. The Hall–Kier alpha value is -2.47. The summed E-state index contributed by atoms with van der Waals surface area (Å²) in [6.07, 6.45) is 9.15. The number of imidazole rings is 1. The first-order chi connectivity index (χ1) is 11.5. The van der Waals surface area contributed by atoms with Crippen LogP contribution >= 0.6 is 0 Å². The largest absolute Gasteiger partial charge is 0.460 e. The molecule has 2 aromatic heterocycles. The third-order valence-corrected chi connectivity index (χ3v) is 3.38. The van der Waals surface area contributed by atoms with E-state index in [-0.39, 0.29) is 6.61 Å². The van der Waals surface area contributed by atoms with Crippen LogP contribution in [0.3, 0.4) is 0 Å². The number of pyridine rings is 1. The lowest BCUT2D eigenvalue weighted by molar-refractivity contribution is -0.677. The van der Waals surface area contributed by atoms with E-state index in [2.05, 4.69) is 11.1 Å². The molecule has 6 heteroatoms. The van der Waals surface area contributed by atoms with Crippen molar-refractivity contribution in [2.24, 2.45) is 14.1 Å². The Kier molecular flexibility index (Phi) is 9.07. The van der Waals surface area contributed by atoms with Crippen molar-refractivity contribution < 1.29 is 23.4 Å². The van der Waals surface area contributed by atoms with Crippen molar-refractivity contribution in [2.75, 3.05) is 19.8 Å². The molecule has 0 unspecified atom stereocenters. The summed E-state index contributed by atoms with van der Waals surface area (Å²) < 4.78 is 16.3. The van der Waals surface area contributed by atoms with E-state index in [0.29, 0.717) is 13.2 Å². The Morgan fingerprint density at radius 1 is 1.17 bits per heavy atom. The number of carbonyl (C=O) groups excluding carboxylic acids is 1. The summed E-state index contributed by atoms with van der Waals surface area (Å²) >= 11 is 0. The van der Waals surface area contributed by atoms with Crippen molar-refractivity contribution in [2.45, 2.75) is 13.5 Å². The van der Waals surface area contributed by atoms with Crippen molar-refractivity contribution in [1.82, 2.24) is 4.57 Å². The highest BCUT2D eigenvalue weighted by atomic mass is 16.6. The maximum Gasteiger partial charge on any atom is 0.330 e. The van der Waals surface area contributed by atoms with E-state index in [1.807, 2.05) is 73.1 Å². The second kappa shape index (κ2) is 11.1. The van der Waals surface area contributed by atoms with Gasteiger partial charge in [0.05, 0.1) is 20.3 Å². The normalized spacial score (nSPS) is 9.79. The van der Waals surface area contributed by atoms with E-state index in [4.69, 9.17) is 9.47 Å². The van der Waals surface area contributed by atoms with E-state index in [1.54, 1.807) is 0 Å². The Bertz CT molecular complexity index is 624. The molecule has 0 aromatic carbocycles. The number of ether oxygens (including phenoxy) is 2. The Morgan fingerprint density at radius 3 is 2.38 bits per heavy atom. The quantitative estimate of drug-likeness (QED) is 0.327. The SMILES string of the molecule is C=CC(=O)OCCOCCn1cc[n+](C)c1C.C[n+]1ccccc1. The monoisotopic (exact) mass is 333 g/mol. The molecule has 0 saturated heterocycles. The molecular formula is C18H27N3O3+2. The maximum absolute atomic E-state index is 10.7. The van der Waals surface area contributed by atoms with Gasteiger partial charge in [0.25, 0.3) is 5.82 Å². The van der Waals surface area contributed by atoms with Gasteiger partial charge < -0.3 is 9.47 Å². The highest BCUT2D eigenvalue weighted by molar-refractivity contribution is 5.81. The van der Waals surface area contributed by atoms with Crippen molar-refractivity contribution in [1.29, 1.82) is 0 Å². The van der Waals surface area contributed by atoms with Crippen molar-refractivity contribution in [3.05, 3.63) is 61.5 Å². The first-order valence-corrected chi connectivity index (χ1v) is 7.83. The highest BCUT2D eigenvalue weighted by Crippen LogP contribution is 1.92. The number of hydrogen-bond acceptors (Lipinski definition) is 3. The van der Waals surface area contributed by atoms with Gasteiger partial charge in [-0.25, -0.2) is 18.5 Å². The number of nitrogens with zero attached hydrogens (tertiary/aromatic N) is 3. The maximum atomic E-state index is 10.7. The molecule has 0 radical (unpaired) electrons. The fourth-order valence-corrected chi connectivity index (χ4v) is 1.84. The predicted molar refractivity (Wildman–Crippen MR) is 89.9 cm³/mol. The minimum atomic E-state index is -0.415. The third kappa shape index (κ3) is 7.69. The van der Waals surface area contributed by atoms with Crippen molar-refractivity contribution in [3.8, 4) is 0 Å². The van der Waals surface area contributed by atoms with Gasteiger partial charge in [-0.1, -0.05) is 12.6 Å². The van der Waals surface area contributed by atoms with E-state index in [1.165, 1.54) is 5.82 Å². The third-order valence-electron chi connectivity index (χ3n) is 3.38. The Balaban J connectivity index is 0.000000341. The van der Waals surface area contributed by atoms with Gasteiger partial charge in [0, 0.05) is 25.1 Å². The minimum Gasteiger partial charge on any atom is -0.460 e. The Labute approximate surface area is 143 Å². The van der Waals surface area contributed by atoms with Gasteiger partial charge in [-0.3, -0.25) is 0 Å². The standard InChI is InChI=1S/C12H19N2O3.C6H8N/c1-4-12(15)17-10-9-16-8-7-14-6-5-13(3)11(14)2;1-7-5-3-2-4-6-7/h4-6H,1,7-10H2,2-3H3;2-6H,1H3/q2*+1. The van der Waals surface area contributed by atoms with Gasteiger partial charge in [0.15, 0.2) is 12.4 Å². The van der Waals surface area contributed by atoms with Crippen LogP contribution in [0, 0.1) is 6.92 Å². The summed E-state index contributed by atoms with van der Waals surface area (Å²) in [5.41, 5.74) is 0. The van der Waals surface area contributed by atoms with E-state index in [0.717, 1.165) is 12.6 Å². The summed E-state index contributed by atoms with van der Waals surface area (Å²) in [7, 11) is 4.00. The van der Waals surface area contributed by atoms with E-state index < -0.39 is 5.97 Å². The molecule has 0 N–H and O–H groups in total. The molecule has 0 fully saturated rings. The fourth-order valence-electron chi connectivity index (χ4n) is 1.84. The molecule has 24 heavy (non-hydrogen) atoms. The number of hydrogen-bond donors (Lipinski definition) is 0. The molecule has 2 aromatic rings. The molecule has 0 atom stereocenters. The molecule has 0 saturated carbocycles. The number of carbonyl (C=O) groups is 1. The summed E-state index contributed by atoms with van der Waals surface area (Å²) in [6.45, 7) is 7.42. The number of aromatic nitrogens is 3. The topological polar surface area (TPSA) is 48.2 Å². The van der Waals surface area contributed by atoms with Crippen LogP contribution in [-0.4, -0.2) is 30.4 Å². The summed E-state index contributed by atoms with van der Waals surface area (Å²) in [5, 5.41) is 0. The molecule has 130 valence electrons. The van der Waals surface area contributed by atoms with Crippen LogP contribution in [-0.2, 0) is 34.9 Å². The molecular weight excluding hydrogens is 306 g/mol. The first kappa shape index (κ1) is 19.6. The van der Waals surface area contributed by atoms with Crippen LogP contribution in [0.1, 0.15) is 5.82 Å². The molecule has 0 amide bonds. The summed E-state index contributed by atoms with van der Waals surface area (Å²) in [6, 6.07) is 6.00. The second-order valence-electron chi connectivity index (χ2n) is 5.17. The molecule has 0 aliphatic carbocycles. The van der Waals surface area contributed by atoms with Crippen LogP contribution in [0.5, 0.6) is 0 Å². The lowest BCUT2D eigenvalue weighted by Crippen LogP contribution is -2.30. The van der Waals surface area contributed by atoms with Crippen LogP contribution in [0.25, 0.3) is 0 Å². The minimum absolute atomic E-state index is 0.267. The molecule has 0 spiro atoms. The zero-order valence-corrected chi connectivity index (χ0v) is 14.7. The molecule has 2 rings (SSSR count). The predicted octanol–water partition coefficient (Wildman–Crippen LogP) is 0.878. The van der Waals surface area contributed by atoms with Gasteiger partial charge >= 0.3 is 5.97 Å². The average Bonchev–Trinajstić information content (AvgIpc) is 2.91. The smallest absolute Gasteiger partial charge is 0.330 e. The van der Waals surface area contributed by atoms with E-state index >= 15 is 0 Å².